The Labute approximate surface area is 224 Å². The number of rotatable bonds is 8. The Bertz CT molecular complexity index is 1620. The summed E-state index contributed by atoms with van der Waals surface area (Å²) in [5, 5.41) is 0. The molecule has 1 aliphatic heterocycles. The Balaban J connectivity index is 1.99. The molecule has 0 fully saturated rings. The lowest BCUT2D eigenvalue weighted by atomic mass is 9.94. The molecule has 2 aromatic carbocycles. The first-order valence-electron chi connectivity index (χ1n) is 11.9. The third-order valence-corrected chi connectivity index (χ3v) is 6.82. The Morgan fingerprint density at radius 1 is 1.18 bits per heavy atom. The lowest BCUT2D eigenvalue weighted by Gasteiger charge is -2.26. The first-order chi connectivity index (χ1) is 18.3. The van der Waals surface area contributed by atoms with Crippen LogP contribution in [0.5, 0.6) is 17.2 Å². The maximum Gasteiger partial charge on any atom is 0.338 e. The quantitative estimate of drug-likeness (QED) is 0.327. The molecule has 1 atom stereocenters. The molecule has 9 heteroatoms. The molecule has 0 saturated heterocycles. The smallest absolute Gasteiger partial charge is 0.338 e. The van der Waals surface area contributed by atoms with E-state index in [-0.39, 0.29) is 23.8 Å². The van der Waals surface area contributed by atoms with Gasteiger partial charge in [0.2, 0.25) is 0 Å². The summed E-state index contributed by atoms with van der Waals surface area (Å²) < 4.78 is 24.2. The number of benzene rings is 2. The third kappa shape index (κ3) is 5.22. The predicted molar refractivity (Wildman–Crippen MR) is 145 cm³/mol. The van der Waals surface area contributed by atoms with Crippen molar-refractivity contribution in [2.45, 2.75) is 32.9 Å². The molecule has 8 nitrogen and oxygen atoms in total. The summed E-state index contributed by atoms with van der Waals surface area (Å²) in [4.78, 5) is 32.4. The Kier molecular flexibility index (Phi) is 8.03. The lowest BCUT2D eigenvalue weighted by molar-refractivity contribution is -0.143. The van der Waals surface area contributed by atoms with E-state index in [2.05, 4.69) is 10.9 Å². The van der Waals surface area contributed by atoms with Crippen LogP contribution in [0, 0.1) is 12.3 Å². The highest BCUT2D eigenvalue weighted by Crippen LogP contribution is 2.38. The van der Waals surface area contributed by atoms with Crippen molar-refractivity contribution in [3.63, 3.8) is 0 Å². The van der Waals surface area contributed by atoms with Crippen molar-refractivity contribution >= 4 is 23.4 Å². The summed E-state index contributed by atoms with van der Waals surface area (Å²) in [6.45, 7) is 5.37. The second-order valence-corrected chi connectivity index (χ2v) is 9.68. The molecule has 0 spiro atoms. The number of esters is 1. The number of hydrogen-bond donors (Lipinski definition) is 0. The number of fused-ring (bicyclic) bond motifs is 1. The Morgan fingerprint density at radius 3 is 2.63 bits per heavy atom. The van der Waals surface area contributed by atoms with Gasteiger partial charge in [0.15, 0.2) is 4.80 Å². The van der Waals surface area contributed by atoms with Crippen molar-refractivity contribution in [3.05, 3.63) is 84.5 Å². The molecular formula is C29H28N2O6S. The highest BCUT2D eigenvalue weighted by Gasteiger charge is 2.35. The van der Waals surface area contributed by atoms with E-state index in [4.69, 9.17) is 25.4 Å². The first-order valence-corrected chi connectivity index (χ1v) is 12.7. The summed E-state index contributed by atoms with van der Waals surface area (Å²) in [6, 6.07) is 11.7. The minimum absolute atomic E-state index is 0.0995. The second kappa shape index (κ2) is 11.4. The summed E-state index contributed by atoms with van der Waals surface area (Å²) in [6.07, 6.45) is 6.73. The van der Waals surface area contributed by atoms with Gasteiger partial charge in [-0.3, -0.25) is 9.36 Å². The number of ether oxygens (including phenoxy) is 4. The van der Waals surface area contributed by atoms with Crippen LogP contribution in [0.25, 0.3) is 6.08 Å². The molecular weight excluding hydrogens is 504 g/mol. The normalized spacial score (nSPS) is 15.0. The average molecular weight is 533 g/mol. The summed E-state index contributed by atoms with van der Waals surface area (Å²) in [7, 11) is 3.08. The van der Waals surface area contributed by atoms with Crippen LogP contribution in [0.1, 0.15) is 37.9 Å². The molecule has 4 rings (SSSR count). The minimum atomic E-state index is -0.849. The van der Waals surface area contributed by atoms with E-state index in [1.165, 1.54) is 23.0 Å². The fourth-order valence-electron chi connectivity index (χ4n) is 4.20. The van der Waals surface area contributed by atoms with Gasteiger partial charge < -0.3 is 18.9 Å². The zero-order chi connectivity index (χ0) is 27.4. The molecule has 1 aliphatic rings. The van der Waals surface area contributed by atoms with Crippen LogP contribution < -0.4 is 29.1 Å². The molecule has 0 N–H and O–H groups in total. The fraction of sp³-hybridized carbons (Fsp3) is 0.276. The Morgan fingerprint density at radius 2 is 1.95 bits per heavy atom. The number of carbonyl (C=O) groups excluding carboxylic acids is 1. The number of methoxy groups -OCH3 is 2. The number of terminal acetylenes is 1. The lowest BCUT2D eigenvalue weighted by Crippen LogP contribution is -2.40. The summed E-state index contributed by atoms with van der Waals surface area (Å²) in [5.74, 6) is 3.49. The zero-order valence-corrected chi connectivity index (χ0v) is 22.6. The molecule has 1 unspecified atom stereocenters. The van der Waals surface area contributed by atoms with E-state index in [1.807, 2.05) is 18.2 Å². The van der Waals surface area contributed by atoms with Gasteiger partial charge in [-0.15, -0.1) is 6.42 Å². The topological polar surface area (TPSA) is 88.3 Å². The van der Waals surface area contributed by atoms with Crippen LogP contribution in [-0.2, 0) is 9.53 Å². The average Bonchev–Trinajstić information content (AvgIpc) is 3.20. The van der Waals surface area contributed by atoms with E-state index in [0.29, 0.717) is 43.4 Å². The number of aromatic nitrogens is 1. The van der Waals surface area contributed by atoms with Crippen molar-refractivity contribution in [1.82, 2.24) is 4.57 Å². The molecule has 196 valence electrons. The van der Waals surface area contributed by atoms with Gasteiger partial charge in [0.25, 0.3) is 5.56 Å². The number of para-hydroxylation sites is 1. The van der Waals surface area contributed by atoms with Crippen LogP contribution in [0.4, 0.5) is 0 Å². The van der Waals surface area contributed by atoms with Crippen LogP contribution in [0.2, 0.25) is 0 Å². The second-order valence-electron chi connectivity index (χ2n) is 8.67. The number of hydrogen-bond acceptors (Lipinski definition) is 8. The van der Waals surface area contributed by atoms with E-state index in [1.54, 1.807) is 58.2 Å². The van der Waals surface area contributed by atoms with Gasteiger partial charge >= 0.3 is 5.97 Å². The monoisotopic (exact) mass is 532 g/mol. The van der Waals surface area contributed by atoms with Gasteiger partial charge in [-0.2, -0.15) is 0 Å². The molecule has 0 bridgehead atoms. The predicted octanol–water partition coefficient (Wildman–Crippen LogP) is 3.22. The van der Waals surface area contributed by atoms with Gasteiger partial charge in [-0.1, -0.05) is 35.5 Å². The third-order valence-electron chi connectivity index (χ3n) is 5.83. The van der Waals surface area contributed by atoms with Crippen LogP contribution >= 0.6 is 11.3 Å². The van der Waals surface area contributed by atoms with Gasteiger partial charge in [0.05, 0.1) is 36.1 Å². The Hall–Kier alpha value is -4.29. The zero-order valence-electron chi connectivity index (χ0n) is 21.8. The molecule has 3 aromatic rings. The van der Waals surface area contributed by atoms with Crippen LogP contribution in [-0.4, -0.2) is 37.5 Å². The maximum absolute atomic E-state index is 13.9. The van der Waals surface area contributed by atoms with Crippen molar-refractivity contribution < 1.29 is 23.7 Å². The molecule has 1 aromatic heterocycles. The first kappa shape index (κ1) is 26.8. The molecule has 0 radical (unpaired) electrons. The van der Waals surface area contributed by atoms with Crippen molar-refractivity contribution in [2.75, 3.05) is 20.8 Å². The largest absolute Gasteiger partial charge is 0.497 e. The highest BCUT2D eigenvalue weighted by atomic mass is 32.1. The number of nitrogens with zero attached hydrogens (tertiary/aromatic N) is 2. The van der Waals surface area contributed by atoms with Gasteiger partial charge in [-0.05, 0) is 51.1 Å². The molecule has 0 aliphatic carbocycles. The summed E-state index contributed by atoms with van der Waals surface area (Å²) >= 11 is 1.22. The van der Waals surface area contributed by atoms with Crippen molar-refractivity contribution in [1.29, 1.82) is 0 Å². The number of carbonyl (C=O) groups is 1. The standard InChI is InChI=1S/C29H28N2O6S/c1-7-14-36-22-11-9-8-10-19(22)15-24-27(32)31-26(21-16-20(34-5)12-13-23(21)35-6)25(28(33)37-17(2)3)18(4)30-29(31)38-24/h1,8-13,15-17,26H,14H2,2-6H3/b24-15+. The van der Waals surface area contributed by atoms with Gasteiger partial charge in [0.1, 0.15) is 29.9 Å². The van der Waals surface area contributed by atoms with Gasteiger partial charge in [-0.25, -0.2) is 9.79 Å². The maximum atomic E-state index is 13.9. The molecule has 2 heterocycles. The molecule has 0 amide bonds. The summed E-state index contributed by atoms with van der Waals surface area (Å²) in [5.41, 5.74) is 1.65. The SMILES string of the molecule is C#CCOc1ccccc1/C=c1/sc2n(c1=O)C(c1cc(OC)ccc1OC)C(C(=O)OC(C)C)=C(C)N=2. The number of allylic oxidation sites excluding steroid dienone is 1. The number of thiazole rings is 1. The van der Waals surface area contributed by atoms with E-state index in [0.717, 1.165) is 0 Å². The minimum Gasteiger partial charge on any atom is -0.497 e. The molecule has 38 heavy (non-hydrogen) atoms. The molecule has 0 saturated carbocycles. The van der Waals surface area contributed by atoms with Gasteiger partial charge in [0, 0.05) is 11.1 Å². The van der Waals surface area contributed by atoms with E-state index in [9.17, 15) is 9.59 Å². The van der Waals surface area contributed by atoms with E-state index >= 15 is 0 Å². The van der Waals surface area contributed by atoms with Crippen LogP contribution in [0.15, 0.2) is 63.5 Å². The van der Waals surface area contributed by atoms with E-state index < -0.39 is 12.0 Å². The van der Waals surface area contributed by atoms with Crippen molar-refractivity contribution in [3.8, 4) is 29.6 Å². The van der Waals surface area contributed by atoms with Crippen molar-refractivity contribution in [2.24, 2.45) is 4.99 Å². The fourth-order valence-corrected chi connectivity index (χ4v) is 5.24. The highest BCUT2D eigenvalue weighted by molar-refractivity contribution is 7.07. The van der Waals surface area contributed by atoms with Crippen LogP contribution in [0.3, 0.4) is 0 Å².